The number of amides is 1. The van der Waals surface area contributed by atoms with Crippen molar-refractivity contribution in [2.75, 3.05) is 18.5 Å². The van der Waals surface area contributed by atoms with E-state index in [2.05, 4.69) is 20.7 Å². The molecule has 0 saturated heterocycles. The highest BCUT2D eigenvalue weighted by Gasteiger charge is 2.32. The molecule has 31 heavy (non-hydrogen) atoms. The Hall–Kier alpha value is -3.34. The molecule has 1 aliphatic rings. The fourth-order valence-corrected chi connectivity index (χ4v) is 3.05. The number of pyridine rings is 2. The summed E-state index contributed by atoms with van der Waals surface area (Å²) in [6.07, 6.45) is -1.03. The molecule has 0 spiro atoms. The molecule has 0 saturated carbocycles. The van der Waals surface area contributed by atoms with Crippen molar-refractivity contribution in [1.29, 1.82) is 0 Å². The van der Waals surface area contributed by atoms with Gasteiger partial charge in [-0.15, -0.1) is 0 Å². The zero-order valence-electron chi connectivity index (χ0n) is 17.1. The normalized spacial score (nSPS) is 14.5. The highest BCUT2D eigenvalue weighted by Crippen LogP contribution is 2.28. The number of rotatable bonds is 6. The maximum Gasteiger partial charge on any atom is 0.433 e. The number of hydrogen-bond donors (Lipinski definition) is 3. The van der Waals surface area contributed by atoms with Crippen LogP contribution in [0.5, 0.6) is 5.88 Å². The molecule has 8 nitrogen and oxygen atoms in total. The zero-order chi connectivity index (χ0) is 22.6. The molecule has 0 radical (unpaired) electrons. The maximum absolute atomic E-state index is 12.7. The number of anilines is 1. The SMILES string of the molecule is CC(=O)N1CCc2cc(OC/C(Nc3ccc(C(F)(F)F)nc3)=C(\C)NN)ncc2C1. The number of hydrogen-bond acceptors (Lipinski definition) is 7. The van der Waals surface area contributed by atoms with Crippen LogP contribution in [0.4, 0.5) is 18.9 Å². The summed E-state index contributed by atoms with van der Waals surface area (Å²) in [4.78, 5) is 21.0. The van der Waals surface area contributed by atoms with E-state index < -0.39 is 11.9 Å². The molecular weight excluding hydrogens is 413 g/mol. The maximum atomic E-state index is 12.7. The molecule has 2 aromatic rings. The number of ether oxygens (including phenoxy) is 1. The first-order chi connectivity index (χ1) is 14.7. The van der Waals surface area contributed by atoms with E-state index in [0.29, 0.717) is 42.5 Å². The second-order valence-electron chi connectivity index (χ2n) is 7.07. The molecule has 0 fully saturated rings. The molecule has 11 heteroatoms. The standard InChI is InChI=1S/C20H23F3N6O2/c1-12(28-24)17(27-16-3-4-18(25-9-16)20(21,22)23)11-31-19-7-14-5-6-29(13(2)30)10-15(14)8-26-19/h3-4,7-9,27-28H,5-6,10-11,24H2,1-2H3/b17-12-. The molecule has 1 aliphatic heterocycles. The summed E-state index contributed by atoms with van der Waals surface area (Å²) in [5.41, 5.74) is 4.95. The Balaban J connectivity index is 1.68. The monoisotopic (exact) mass is 436 g/mol. The van der Waals surface area contributed by atoms with Crippen LogP contribution in [0.3, 0.4) is 0 Å². The van der Waals surface area contributed by atoms with E-state index in [4.69, 9.17) is 10.6 Å². The molecule has 3 rings (SSSR count). The summed E-state index contributed by atoms with van der Waals surface area (Å²) >= 11 is 0. The predicted molar refractivity (Wildman–Crippen MR) is 107 cm³/mol. The van der Waals surface area contributed by atoms with Gasteiger partial charge in [0.25, 0.3) is 0 Å². The third-order valence-corrected chi connectivity index (χ3v) is 4.90. The van der Waals surface area contributed by atoms with E-state index >= 15 is 0 Å². The lowest BCUT2D eigenvalue weighted by molar-refractivity contribution is -0.141. The average Bonchev–Trinajstić information content (AvgIpc) is 2.75. The first kappa shape index (κ1) is 22.3. The van der Waals surface area contributed by atoms with Crippen molar-refractivity contribution in [3.05, 3.63) is 58.8 Å². The molecule has 4 N–H and O–H groups in total. The van der Waals surface area contributed by atoms with Crippen LogP contribution in [0.1, 0.15) is 30.7 Å². The number of alkyl halides is 3. The molecule has 0 atom stereocenters. The highest BCUT2D eigenvalue weighted by molar-refractivity contribution is 5.73. The van der Waals surface area contributed by atoms with Crippen LogP contribution >= 0.6 is 0 Å². The molecule has 0 unspecified atom stereocenters. The summed E-state index contributed by atoms with van der Waals surface area (Å²) in [6, 6.07) is 3.99. The van der Waals surface area contributed by atoms with Gasteiger partial charge in [-0.3, -0.25) is 10.6 Å². The topological polar surface area (TPSA) is 105 Å². The average molecular weight is 436 g/mol. The number of nitrogens with zero attached hydrogens (tertiary/aromatic N) is 3. The van der Waals surface area contributed by atoms with Gasteiger partial charge in [0, 0.05) is 38.0 Å². The third kappa shape index (κ3) is 5.63. The Morgan fingerprint density at radius 1 is 1.23 bits per heavy atom. The fraction of sp³-hybridized carbons (Fsp3) is 0.350. The lowest BCUT2D eigenvalue weighted by Gasteiger charge is -2.27. The van der Waals surface area contributed by atoms with E-state index in [1.165, 1.54) is 13.0 Å². The fourth-order valence-electron chi connectivity index (χ4n) is 3.05. The van der Waals surface area contributed by atoms with Gasteiger partial charge < -0.3 is 20.4 Å². The van der Waals surface area contributed by atoms with Crippen molar-refractivity contribution in [2.45, 2.75) is 33.0 Å². The largest absolute Gasteiger partial charge is 0.471 e. The summed E-state index contributed by atoms with van der Waals surface area (Å²) in [5.74, 6) is 5.91. The molecule has 1 amide bonds. The third-order valence-electron chi connectivity index (χ3n) is 4.90. The number of hydrazine groups is 1. The van der Waals surface area contributed by atoms with Gasteiger partial charge in [0.15, 0.2) is 0 Å². The van der Waals surface area contributed by atoms with E-state index in [9.17, 15) is 18.0 Å². The number of nitrogens with one attached hydrogen (secondary N) is 2. The first-order valence-electron chi connectivity index (χ1n) is 9.50. The first-order valence-corrected chi connectivity index (χ1v) is 9.50. The van der Waals surface area contributed by atoms with Crippen LogP contribution in [0.15, 0.2) is 42.0 Å². The number of carbonyl (C=O) groups is 1. The molecule has 0 aliphatic carbocycles. The van der Waals surface area contributed by atoms with Gasteiger partial charge in [0.2, 0.25) is 11.8 Å². The number of nitrogens with two attached hydrogens (primary N) is 1. The van der Waals surface area contributed by atoms with Crippen molar-refractivity contribution in [1.82, 2.24) is 20.3 Å². The quantitative estimate of drug-likeness (QED) is 0.472. The Morgan fingerprint density at radius 2 is 2.00 bits per heavy atom. The number of halogens is 3. The second-order valence-corrected chi connectivity index (χ2v) is 7.07. The van der Waals surface area contributed by atoms with Crippen molar-refractivity contribution in [3.63, 3.8) is 0 Å². The molecule has 2 aromatic heterocycles. The van der Waals surface area contributed by atoms with Crippen LogP contribution < -0.4 is 21.3 Å². The Bertz CT molecular complexity index is 976. The van der Waals surface area contributed by atoms with Crippen LogP contribution in [0.2, 0.25) is 0 Å². The second kappa shape index (κ2) is 9.21. The minimum atomic E-state index is -4.51. The van der Waals surface area contributed by atoms with Crippen LogP contribution in [0, 0.1) is 0 Å². The van der Waals surface area contributed by atoms with Gasteiger partial charge in [-0.25, -0.2) is 9.97 Å². The van der Waals surface area contributed by atoms with Gasteiger partial charge in [-0.05, 0) is 36.6 Å². The Morgan fingerprint density at radius 3 is 2.61 bits per heavy atom. The van der Waals surface area contributed by atoms with Crippen molar-refractivity contribution < 1.29 is 22.7 Å². The minimum absolute atomic E-state index is 0.0225. The number of carbonyl (C=O) groups excluding carboxylic acids is 1. The van der Waals surface area contributed by atoms with Gasteiger partial charge in [0.1, 0.15) is 12.3 Å². The zero-order valence-corrected chi connectivity index (χ0v) is 17.1. The number of aromatic nitrogens is 2. The van der Waals surface area contributed by atoms with Gasteiger partial charge >= 0.3 is 6.18 Å². The van der Waals surface area contributed by atoms with E-state index in [1.54, 1.807) is 18.0 Å². The lowest BCUT2D eigenvalue weighted by atomic mass is 10.0. The van der Waals surface area contributed by atoms with Crippen molar-refractivity contribution in [3.8, 4) is 5.88 Å². The molecule has 3 heterocycles. The molecular formula is C20H23F3N6O2. The van der Waals surface area contributed by atoms with E-state index in [1.807, 2.05) is 6.07 Å². The highest BCUT2D eigenvalue weighted by atomic mass is 19.4. The summed E-state index contributed by atoms with van der Waals surface area (Å²) < 4.78 is 43.8. The molecule has 0 aromatic carbocycles. The summed E-state index contributed by atoms with van der Waals surface area (Å²) in [5, 5.41) is 2.97. The van der Waals surface area contributed by atoms with Crippen molar-refractivity contribution >= 4 is 11.6 Å². The van der Waals surface area contributed by atoms with Crippen LogP contribution in [0.25, 0.3) is 0 Å². The Labute approximate surface area is 177 Å². The number of fused-ring (bicyclic) bond motifs is 1. The number of allylic oxidation sites excluding steroid dienone is 1. The lowest BCUT2D eigenvalue weighted by Crippen LogP contribution is -2.34. The Kier molecular flexibility index (Phi) is 6.64. The van der Waals surface area contributed by atoms with Crippen molar-refractivity contribution in [2.24, 2.45) is 5.84 Å². The predicted octanol–water partition coefficient (Wildman–Crippen LogP) is 2.59. The smallest absolute Gasteiger partial charge is 0.433 e. The van der Waals surface area contributed by atoms with Gasteiger partial charge in [0.05, 0.1) is 17.6 Å². The minimum Gasteiger partial charge on any atom is -0.471 e. The van der Waals surface area contributed by atoms with Gasteiger partial charge in [-0.1, -0.05) is 0 Å². The van der Waals surface area contributed by atoms with Crippen LogP contribution in [-0.2, 0) is 23.9 Å². The summed E-state index contributed by atoms with van der Waals surface area (Å²) in [6.45, 7) is 4.43. The van der Waals surface area contributed by atoms with Crippen LogP contribution in [-0.4, -0.2) is 33.9 Å². The summed E-state index contributed by atoms with van der Waals surface area (Å²) in [7, 11) is 0. The van der Waals surface area contributed by atoms with E-state index in [0.717, 1.165) is 23.4 Å². The molecule has 166 valence electrons. The van der Waals surface area contributed by atoms with E-state index in [-0.39, 0.29) is 12.5 Å². The molecule has 0 bridgehead atoms. The van der Waals surface area contributed by atoms with Gasteiger partial charge in [-0.2, -0.15) is 13.2 Å².